The van der Waals surface area contributed by atoms with Crippen LogP contribution in [0.4, 0.5) is 0 Å². The lowest BCUT2D eigenvalue weighted by atomic mass is 9.76. The Morgan fingerprint density at radius 2 is 1.48 bits per heavy atom. The molecule has 1 rings (SSSR count). The molecule has 0 saturated heterocycles. The van der Waals surface area contributed by atoms with Gasteiger partial charge < -0.3 is 24.7 Å². The molecule has 1 aromatic heterocycles. The molecule has 11 heteroatoms. The third kappa shape index (κ3) is 6.00. The van der Waals surface area contributed by atoms with Gasteiger partial charge in [0.1, 0.15) is 18.9 Å². The number of aromatic nitrogens is 2. The van der Waals surface area contributed by atoms with Crippen LogP contribution in [0.2, 0.25) is 0 Å². The van der Waals surface area contributed by atoms with Crippen LogP contribution < -0.4 is 4.57 Å². The molecule has 0 saturated carbocycles. The van der Waals surface area contributed by atoms with E-state index < -0.39 is 26.8 Å². The molecule has 0 atom stereocenters. The van der Waals surface area contributed by atoms with Gasteiger partial charge in [-0.2, -0.15) is 0 Å². The number of hydrogen-bond donors (Lipinski definition) is 5. The Hall–Kier alpha value is -0.530. The standard InChI is InChI=1S/C14H28N2O7P2/c1-12(2,3)8-13(4,5)9-15-6-7-16(11-15)10-14(17,24(18,19)20)25(21,22)23/h6-7,11,17H,8-10H2,1-5H3,(H3-,18,19,20,21,22,23)/p+1. The first-order valence-corrected chi connectivity index (χ1v) is 11.0. The van der Waals surface area contributed by atoms with Crippen molar-refractivity contribution in [3.63, 3.8) is 0 Å². The number of nitrogens with zero attached hydrogens (tertiary/aromatic N) is 2. The number of rotatable bonds is 7. The summed E-state index contributed by atoms with van der Waals surface area (Å²) in [7, 11) is -10.9. The van der Waals surface area contributed by atoms with Crippen molar-refractivity contribution in [2.75, 3.05) is 0 Å². The van der Waals surface area contributed by atoms with Gasteiger partial charge >= 0.3 is 20.3 Å². The molecular weight excluding hydrogens is 370 g/mol. The molecule has 0 spiro atoms. The first-order chi connectivity index (χ1) is 10.9. The van der Waals surface area contributed by atoms with Gasteiger partial charge in [0.2, 0.25) is 6.33 Å². The molecule has 0 unspecified atom stereocenters. The Morgan fingerprint density at radius 3 is 1.88 bits per heavy atom. The predicted molar refractivity (Wildman–Crippen MR) is 91.5 cm³/mol. The molecule has 0 bridgehead atoms. The molecular formula is C14H29N2O7P2+. The number of aliphatic hydroxyl groups is 1. The zero-order chi connectivity index (χ0) is 19.9. The van der Waals surface area contributed by atoms with Crippen LogP contribution in [0.3, 0.4) is 0 Å². The van der Waals surface area contributed by atoms with Crippen molar-refractivity contribution in [1.29, 1.82) is 0 Å². The quantitative estimate of drug-likeness (QED) is 0.343. The Morgan fingerprint density at radius 1 is 1.00 bits per heavy atom. The van der Waals surface area contributed by atoms with Crippen LogP contribution in [-0.2, 0) is 22.2 Å². The Labute approximate surface area is 147 Å². The second-order valence-corrected chi connectivity index (χ2v) is 12.5. The number of imidazole rings is 1. The lowest BCUT2D eigenvalue weighted by Crippen LogP contribution is -2.41. The van der Waals surface area contributed by atoms with E-state index in [0.29, 0.717) is 6.54 Å². The predicted octanol–water partition coefficient (Wildman–Crippen LogP) is 1.24. The molecule has 146 valence electrons. The Bertz CT molecular complexity index is 674. The molecule has 0 radical (unpaired) electrons. The summed E-state index contributed by atoms with van der Waals surface area (Å²) in [5.41, 5.74) is 0.0472. The maximum Gasteiger partial charge on any atom is 0.373 e. The minimum Gasteiger partial charge on any atom is -0.365 e. The summed E-state index contributed by atoms with van der Waals surface area (Å²) >= 11 is 0. The summed E-state index contributed by atoms with van der Waals surface area (Å²) < 4.78 is 25.8. The van der Waals surface area contributed by atoms with Gasteiger partial charge in [0.25, 0.3) is 0 Å². The van der Waals surface area contributed by atoms with E-state index in [9.17, 15) is 33.8 Å². The van der Waals surface area contributed by atoms with E-state index in [1.807, 2.05) is 0 Å². The van der Waals surface area contributed by atoms with Crippen molar-refractivity contribution >= 4 is 15.2 Å². The summed E-state index contributed by atoms with van der Waals surface area (Å²) in [5, 5.41) is 6.52. The normalized spacial score (nSPS) is 14.8. The molecule has 0 aliphatic carbocycles. The molecule has 1 heterocycles. The number of hydrogen-bond acceptors (Lipinski definition) is 3. The highest BCUT2D eigenvalue weighted by Crippen LogP contribution is 2.67. The molecule has 5 N–H and O–H groups in total. The average Bonchev–Trinajstić information content (AvgIpc) is 2.68. The molecule has 0 amide bonds. The average molecular weight is 399 g/mol. The monoisotopic (exact) mass is 399 g/mol. The lowest BCUT2D eigenvalue weighted by molar-refractivity contribution is -0.708. The van der Waals surface area contributed by atoms with Crippen molar-refractivity contribution in [3.05, 3.63) is 18.7 Å². The van der Waals surface area contributed by atoms with Crippen LogP contribution in [-0.4, -0.2) is 34.3 Å². The minimum atomic E-state index is -5.47. The zero-order valence-electron chi connectivity index (χ0n) is 15.2. The van der Waals surface area contributed by atoms with E-state index >= 15 is 0 Å². The van der Waals surface area contributed by atoms with Gasteiger partial charge in [-0.15, -0.1) is 0 Å². The highest BCUT2D eigenvalue weighted by Gasteiger charge is 2.61. The summed E-state index contributed by atoms with van der Waals surface area (Å²) in [5.74, 6) is 0. The zero-order valence-corrected chi connectivity index (χ0v) is 17.0. The van der Waals surface area contributed by atoms with Gasteiger partial charge in [-0.25, -0.2) is 9.13 Å². The first-order valence-electron chi connectivity index (χ1n) is 7.75. The molecule has 0 aromatic carbocycles. The fraction of sp³-hybridized carbons (Fsp3) is 0.786. The minimum absolute atomic E-state index is 0.0715. The Balaban J connectivity index is 3.02. The van der Waals surface area contributed by atoms with Gasteiger partial charge in [0, 0.05) is 5.41 Å². The van der Waals surface area contributed by atoms with Crippen LogP contribution in [0.25, 0.3) is 0 Å². The van der Waals surface area contributed by atoms with E-state index in [2.05, 4.69) is 34.6 Å². The highest BCUT2D eigenvalue weighted by molar-refractivity contribution is 7.72. The smallest absolute Gasteiger partial charge is 0.365 e. The summed E-state index contributed by atoms with van der Waals surface area (Å²) in [6.45, 7) is 10.2. The second-order valence-electron chi connectivity index (χ2n) is 8.52. The molecule has 9 nitrogen and oxygen atoms in total. The van der Waals surface area contributed by atoms with Crippen LogP contribution in [0.5, 0.6) is 0 Å². The summed E-state index contributed by atoms with van der Waals surface area (Å²) in [6.07, 6.45) is 5.42. The summed E-state index contributed by atoms with van der Waals surface area (Å²) in [4.78, 5) is 36.8. The van der Waals surface area contributed by atoms with Crippen molar-refractivity contribution in [2.45, 2.75) is 59.2 Å². The highest BCUT2D eigenvalue weighted by atomic mass is 31.2. The fourth-order valence-electron chi connectivity index (χ4n) is 3.21. The van der Waals surface area contributed by atoms with Crippen molar-refractivity contribution < 1.29 is 38.4 Å². The van der Waals surface area contributed by atoms with Crippen LogP contribution in [0.1, 0.15) is 41.0 Å². The third-order valence-corrected chi connectivity index (χ3v) is 7.41. The topological polar surface area (TPSA) is 144 Å². The van der Waals surface area contributed by atoms with E-state index in [1.54, 1.807) is 10.8 Å². The van der Waals surface area contributed by atoms with Gasteiger partial charge in [-0.05, 0) is 11.8 Å². The molecule has 25 heavy (non-hydrogen) atoms. The third-order valence-electron chi connectivity index (χ3n) is 3.69. The van der Waals surface area contributed by atoms with Gasteiger partial charge in [-0.3, -0.25) is 9.13 Å². The fourth-order valence-corrected chi connectivity index (χ4v) is 5.26. The molecule has 0 aliphatic rings. The van der Waals surface area contributed by atoms with E-state index in [0.717, 1.165) is 11.0 Å². The van der Waals surface area contributed by atoms with Gasteiger partial charge in [-0.1, -0.05) is 34.6 Å². The SMILES string of the molecule is CC(C)(C)CC(C)(C)C[n+]1ccn(CC(O)(P(=O)(O)O)P(=O)(O)O)c1. The maximum absolute atomic E-state index is 11.4. The van der Waals surface area contributed by atoms with Crippen molar-refractivity contribution in [1.82, 2.24) is 4.57 Å². The van der Waals surface area contributed by atoms with E-state index in [-0.39, 0.29) is 10.8 Å². The molecule has 0 fully saturated rings. The summed E-state index contributed by atoms with van der Waals surface area (Å²) in [6, 6.07) is 0. The van der Waals surface area contributed by atoms with Crippen LogP contribution in [0.15, 0.2) is 18.7 Å². The lowest BCUT2D eigenvalue weighted by Gasteiger charge is -2.30. The van der Waals surface area contributed by atoms with Crippen LogP contribution >= 0.6 is 15.2 Å². The van der Waals surface area contributed by atoms with Crippen molar-refractivity contribution in [2.24, 2.45) is 10.8 Å². The maximum atomic E-state index is 11.4. The molecule has 0 aliphatic heterocycles. The Kier molecular flexibility index (Phi) is 6.20. The van der Waals surface area contributed by atoms with E-state index in [4.69, 9.17) is 0 Å². The van der Waals surface area contributed by atoms with E-state index in [1.165, 1.54) is 12.5 Å². The van der Waals surface area contributed by atoms with Crippen LogP contribution in [0, 0.1) is 10.8 Å². The largest absolute Gasteiger partial charge is 0.373 e. The first kappa shape index (κ1) is 22.5. The molecule has 1 aromatic rings. The van der Waals surface area contributed by atoms with Gasteiger partial charge in [0.05, 0.1) is 6.54 Å². The second kappa shape index (κ2) is 6.89. The van der Waals surface area contributed by atoms with Crippen molar-refractivity contribution in [3.8, 4) is 0 Å². The van der Waals surface area contributed by atoms with Gasteiger partial charge in [0.15, 0.2) is 0 Å².